The van der Waals surface area contributed by atoms with E-state index in [-0.39, 0.29) is 16.8 Å². The highest BCUT2D eigenvalue weighted by Crippen LogP contribution is 2.31. The third-order valence-corrected chi connectivity index (χ3v) is 5.89. The van der Waals surface area contributed by atoms with Crippen molar-refractivity contribution in [2.75, 3.05) is 0 Å². The summed E-state index contributed by atoms with van der Waals surface area (Å²) in [5.41, 5.74) is 1.41. The van der Waals surface area contributed by atoms with Crippen molar-refractivity contribution in [3.05, 3.63) is 66.0 Å². The number of nitrogens with one attached hydrogen (secondary N) is 3. The van der Waals surface area contributed by atoms with E-state index in [1.807, 2.05) is 39.0 Å². The number of aromatic amines is 1. The van der Waals surface area contributed by atoms with Gasteiger partial charge in [0.25, 0.3) is 4.84 Å². The first kappa shape index (κ1) is 29.4. The van der Waals surface area contributed by atoms with Gasteiger partial charge in [-0.15, -0.1) is 5.10 Å². The predicted molar refractivity (Wildman–Crippen MR) is 145 cm³/mol. The maximum Gasteiger partial charge on any atom is 0.284 e. The van der Waals surface area contributed by atoms with Gasteiger partial charge in [-0.05, 0) is 49.9 Å². The van der Waals surface area contributed by atoms with Gasteiger partial charge in [-0.3, -0.25) is 4.79 Å². The van der Waals surface area contributed by atoms with E-state index in [9.17, 15) is 4.79 Å². The van der Waals surface area contributed by atoms with Gasteiger partial charge in [-0.2, -0.15) is 0 Å². The predicted octanol–water partition coefficient (Wildman–Crippen LogP) is 6.80. The van der Waals surface area contributed by atoms with Gasteiger partial charge in [0.1, 0.15) is 5.54 Å². The fourth-order valence-corrected chi connectivity index (χ4v) is 4.11. The Kier molecular flexibility index (Phi) is 12.6. The van der Waals surface area contributed by atoms with Crippen molar-refractivity contribution in [2.45, 2.75) is 84.7 Å². The first-order valence-corrected chi connectivity index (χ1v) is 12.6. The minimum atomic E-state index is -0.741. The smallest absolute Gasteiger partial charge is 0.284 e. The van der Waals surface area contributed by atoms with Gasteiger partial charge in [0, 0.05) is 11.3 Å². The lowest BCUT2D eigenvalue weighted by Gasteiger charge is -2.39. The standard InChI is InChI=1S/C25H36N4O2S.C2H6/c1-7-9-13-20(8-2)19(6)27-25(14-11-10-12-15-25)23(30)26-21(16-17(3)4)18(5)22-28-29-24(32)31-22;1-2/h7-9,13,17,21,27H,2,5-6,10-12,14-16H2,1,3-4H3,(H,26,30)(H,29,32);1-2H3/b9-7-,20-13+;/t21-;/m0./s1. The molecule has 0 bridgehead atoms. The van der Waals surface area contributed by atoms with Gasteiger partial charge in [0.15, 0.2) is 0 Å². The summed E-state index contributed by atoms with van der Waals surface area (Å²) in [4.78, 5) is 13.9. The maximum absolute atomic E-state index is 13.7. The summed E-state index contributed by atoms with van der Waals surface area (Å²) in [6, 6.07) is -0.324. The van der Waals surface area contributed by atoms with Crippen LogP contribution in [0.15, 0.2) is 59.7 Å². The first-order chi connectivity index (χ1) is 16.2. The molecule has 6 nitrogen and oxygen atoms in total. The minimum absolute atomic E-state index is 0.0614. The van der Waals surface area contributed by atoms with Crippen molar-refractivity contribution in [1.82, 2.24) is 20.8 Å². The van der Waals surface area contributed by atoms with Crippen LogP contribution in [-0.2, 0) is 4.79 Å². The summed E-state index contributed by atoms with van der Waals surface area (Å²) >= 11 is 5.00. The van der Waals surface area contributed by atoms with Crippen LogP contribution in [0.2, 0.25) is 0 Å². The van der Waals surface area contributed by atoms with E-state index in [1.165, 1.54) is 0 Å². The molecule has 1 saturated carbocycles. The van der Waals surface area contributed by atoms with Crippen LogP contribution in [0, 0.1) is 10.8 Å². The molecule has 188 valence electrons. The second-order valence-corrected chi connectivity index (χ2v) is 9.07. The minimum Gasteiger partial charge on any atom is -0.410 e. The highest BCUT2D eigenvalue weighted by molar-refractivity contribution is 7.71. The van der Waals surface area contributed by atoms with Crippen molar-refractivity contribution in [3.8, 4) is 0 Å². The van der Waals surface area contributed by atoms with Crippen LogP contribution in [0.4, 0.5) is 0 Å². The summed E-state index contributed by atoms with van der Waals surface area (Å²) in [6.07, 6.45) is 12.8. The van der Waals surface area contributed by atoms with E-state index in [0.717, 1.165) is 37.7 Å². The molecule has 1 aromatic heterocycles. The molecule has 1 aliphatic carbocycles. The number of aromatic nitrogens is 2. The summed E-state index contributed by atoms with van der Waals surface area (Å²) in [5, 5.41) is 13.4. The molecule has 34 heavy (non-hydrogen) atoms. The fraction of sp³-hybridized carbons (Fsp3) is 0.519. The molecule has 0 spiro atoms. The van der Waals surface area contributed by atoms with Crippen LogP contribution >= 0.6 is 12.2 Å². The average Bonchev–Trinajstić information content (AvgIpc) is 3.26. The molecule has 0 saturated heterocycles. The van der Waals surface area contributed by atoms with Gasteiger partial charge in [0.05, 0.1) is 6.04 Å². The molecular weight excluding hydrogens is 444 g/mol. The molecule has 2 rings (SSSR count). The number of allylic oxidation sites excluding steroid dienone is 4. The van der Waals surface area contributed by atoms with Gasteiger partial charge in [-0.25, -0.2) is 5.10 Å². The molecule has 1 aromatic rings. The lowest BCUT2D eigenvalue weighted by molar-refractivity contribution is -0.129. The third-order valence-electron chi connectivity index (χ3n) is 5.71. The molecule has 0 aromatic carbocycles. The van der Waals surface area contributed by atoms with E-state index >= 15 is 0 Å². The molecule has 0 unspecified atom stereocenters. The van der Waals surface area contributed by atoms with E-state index in [1.54, 1.807) is 6.08 Å². The van der Waals surface area contributed by atoms with Crippen molar-refractivity contribution < 1.29 is 9.21 Å². The van der Waals surface area contributed by atoms with Gasteiger partial charge in [0.2, 0.25) is 11.8 Å². The van der Waals surface area contributed by atoms with E-state index in [2.05, 4.69) is 54.4 Å². The van der Waals surface area contributed by atoms with E-state index < -0.39 is 5.54 Å². The lowest BCUT2D eigenvalue weighted by atomic mass is 9.80. The van der Waals surface area contributed by atoms with Crippen molar-refractivity contribution in [1.29, 1.82) is 0 Å². The topological polar surface area (TPSA) is 83.0 Å². The normalized spacial score (nSPS) is 16.4. The molecule has 0 radical (unpaired) electrons. The third kappa shape index (κ3) is 8.28. The average molecular weight is 487 g/mol. The number of nitrogens with zero attached hydrogens (tertiary/aromatic N) is 1. The Balaban J connectivity index is 0.00000281. The zero-order valence-corrected chi connectivity index (χ0v) is 22.3. The van der Waals surface area contributed by atoms with Gasteiger partial charge < -0.3 is 15.1 Å². The van der Waals surface area contributed by atoms with Crippen LogP contribution in [-0.4, -0.2) is 27.7 Å². The summed E-state index contributed by atoms with van der Waals surface area (Å²) in [6.45, 7) is 22.4. The quantitative estimate of drug-likeness (QED) is 0.237. The molecule has 7 heteroatoms. The van der Waals surface area contributed by atoms with Crippen LogP contribution in [0.3, 0.4) is 0 Å². The Hall–Kier alpha value is -2.67. The number of H-pyrrole nitrogens is 1. The molecular formula is C27H42N4O2S. The summed E-state index contributed by atoms with van der Waals surface area (Å²) in [5.74, 6) is 0.591. The lowest BCUT2D eigenvalue weighted by Crippen LogP contribution is -2.59. The van der Waals surface area contributed by atoms with E-state index in [0.29, 0.717) is 29.5 Å². The Morgan fingerprint density at radius 3 is 2.41 bits per heavy atom. The summed E-state index contributed by atoms with van der Waals surface area (Å²) < 4.78 is 5.45. The van der Waals surface area contributed by atoms with Crippen LogP contribution in [0.5, 0.6) is 0 Å². The molecule has 1 atom stereocenters. The zero-order valence-electron chi connectivity index (χ0n) is 21.5. The molecule has 3 N–H and O–H groups in total. The number of hydrogen-bond acceptors (Lipinski definition) is 5. The van der Waals surface area contributed by atoms with Gasteiger partial charge >= 0.3 is 0 Å². The van der Waals surface area contributed by atoms with Crippen LogP contribution in [0.1, 0.15) is 79.0 Å². The summed E-state index contributed by atoms with van der Waals surface area (Å²) in [7, 11) is 0. The number of carbonyl (C=O) groups is 1. The Morgan fingerprint density at radius 2 is 1.91 bits per heavy atom. The number of hydrogen-bond donors (Lipinski definition) is 3. The highest BCUT2D eigenvalue weighted by atomic mass is 32.1. The highest BCUT2D eigenvalue weighted by Gasteiger charge is 2.41. The largest absolute Gasteiger partial charge is 0.410 e. The second kappa shape index (κ2) is 14.6. The first-order valence-electron chi connectivity index (χ1n) is 12.2. The monoisotopic (exact) mass is 486 g/mol. The molecule has 1 fully saturated rings. The molecule has 1 amide bonds. The number of carbonyl (C=O) groups excluding carboxylic acids is 1. The second-order valence-electron chi connectivity index (χ2n) is 8.70. The van der Waals surface area contributed by atoms with E-state index in [4.69, 9.17) is 16.6 Å². The maximum atomic E-state index is 13.7. The van der Waals surface area contributed by atoms with Crippen molar-refractivity contribution in [3.63, 3.8) is 0 Å². The van der Waals surface area contributed by atoms with Crippen LogP contribution in [0.25, 0.3) is 5.57 Å². The van der Waals surface area contributed by atoms with Crippen LogP contribution < -0.4 is 10.6 Å². The fourth-order valence-electron chi connectivity index (χ4n) is 3.99. The van der Waals surface area contributed by atoms with Crippen molar-refractivity contribution in [2.24, 2.45) is 5.92 Å². The number of amides is 1. The Bertz CT molecular complexity index is 946. The molecule has 1 heterocycles. The Labute approximate surface area is 210 Å². The molecule has 1 aliphatic rings. The zero-order chi connectivity index (χ0) is 25.7. The van der Waals surface area contributed by atoms with Crippen molar-refractivity contribution >= 4 is 23.7 Å². The SMILES string of the molecule is C=C/C(=C\C=C/C)C(=C)NC1(C(=O)N[C@@H](CC(C)C)C(=C)c2n[nH]c(=S)o2)CCCCC1.CC. The molecule has 0 aliphatic heterocycles. The van der Waals surface area contributed by atoms with Gasteiger partial charge in [-0.1, -0.05) is 91.0 Å². The number of rotatable bonds is 11. The Morgan fingerprint density at radius 1 is 1.26 bits per heavy atom.